The Morgan fingerprint density at radius 3 is 2.10 bits per heavy atom. The summed E-state index contributed by atoms with van der Waals surface area (Å²) in [6.45, 7) is 6.23. The maximum atomic E-state index is 12.0. The van der Waals surface area contributed by atoms with Crippen molar-refractivity contribution < 1.29 is 19.4 Å². The van der Waals surface area contributed by atoms with Crippen LogP contribution >= 0.6 is 0 Å². The molecule has 0 amide bonds. The molecule has 3 rings (SSSR count). The Labute approximate surface area is 171 Å². The quantitative estimate of drug-likeness (QED) is 0.550. The summed E-state index contributed by atoms with van der Waals surface area (Å²) >= 11 is 0. The van der Waals surface area contributed by atoms with E-state index >= 15 is 0 Å². The molecular formula is C25H26O4. The highest BCUT2D eigenvalue weighted by Gasteiger charge is 2.25. The van der Waals surface area contributed by atoms with Gasteiger partial charge in [-0.3, -0.25) is 0 Å². The smallest absolute Gasteiger partial charge is 0.345 e. The molecule has 0 aliphatic carbocycles. The van der Waals surface area contributed by atoms with E-state index in [0.717, 1.165) is 11.1 Å². The molecule has 0 aliphatic heterocycles. The number of benzene rings is 3. The number of rotatable bonds is 7. The monoisotopic (exact) mass is 390 g/mol. The van der Waals surface area contributed by atoms with E-state index in [1.54, 1.807) is 0 Å². The number of hydrogen-bond donors (Lipinski definition) is 1. The molecule has 29 heavy (non-hydrogen) atoms. The maximum Gasteiger partial charge on any atom is 0.345 e. The van der Waals surface area contributed by atoms with Gasteiger partial charge in [-0.25, -0.2) is 4.79 Å². The number of hydrogen-bond acceptors (Lipinski definition) is 3. The third-order valence-corrected chi connectivity index (χ3v) is 4.59. The van der Waals surface area contributed by atoms with Crippen molar-refractivity contribution in [1.82, 2.24) is 0 Å². The van der Waals surface area contributed by atoms with Crippen LogP contribution < -0.4 is 9.47 Å². The Balaban J connectivity index is 1.85. The highest BCUT2D eigenvalue weighted by atomic mass is 16.5. The minimum Gasteiger partial charge on any atom is -0.478 e. The van der Waals surface area contributed by atoms with Crippen molar-refractivity contribution in [2.75, 3.05) is 0 Å². The van der Waals surface area contributed by atoms with Crippen LogP contribution in [0.3, 0.4) is 0 Å². The zero-order chi connectivity index (χ0) is 20.9. The van der Waals surface area contributed by atoms with Gasteiger partial charge in [0, 0.05) is 6.42 Å². The average Bonchev–Trinajstić information content (AvgIpc) is 2.69. The van der Waals surface area contributed by atoms with E-state index < -0.39 is 12.1 Å². The molecule has 0 aliphatic rings. The summed E-state index contributed by atoms with van der Waals surface area (Å²) in [5, 5.41) is 9.80. The Bertz CT molecular complexity index is 958. The molecule has 0 saturated carbocycles. The molecule has 0 unspecified atom stereocenters. The van der Waals surface area contributed by atoms with Crippen molar-refractivity contribution in [3.8, 4) is 17.2 Å². The molecule has 0 saturated heterocycles. The summed E-state index contributed by atoms with van der Waals surface area (Å²) in [6, 6.07) is 24.5. The van der Waals surface area contributed by atoms with E-state index in [4.69, 9.17) is 9.47 Å². The van der Waals surface area contributed by atoms with E-state index in [9.17, 15) is 9.90 Å². The third-order valence-electron chi connectivity index (χ3n) is 4.59. The normalized spacial score (nSPS) is 12.2. The Morgan fingerprint density at radius 1 is 0.862 bits per heavy atom. The van der Waals surface area contributed by atoms with E-state index in [2.05, 4.69) is 20.8 Å². The first-order valence-corrected chi connectivity index (χ1v) is 9.64. The van der Waals surface area contributed by atoms with Gasteiger partial charge in [0.2, 0.25) is 0 Å². The number of para-hydroxylation sites is 3. The fourth-order valence-corrected chi connectivity index (χ4v) is 3.11. The second-order valence-corrected chi connectivity index (χ2v) is 7.92. The minimum absolute atomic E-state index is 0.159. The molecule has 0 fully saturated rings. The molecule has 3 aromatic carbocycles. The predicted molar refractivity (Wildman–Crippen MR) is 114 cm³/mol. The van der Waals surface area contributed by atoms with Gasteiger partial charge in [0.25, 0.3) is 0 Å². The van der Waals surface area contributed by atoms with Gasteiger partial charge in [-0.05, 0) is 40.8 Å². The zero-order valence-corrected chi connectivity index (χ0v) is 17.0. The topological polar surface area (TPSA) is 55.8 Å². The summed E-state index contributed by atoms with van der Waals surface area (Å²) in [6.07, 6.45) is -0.837. The molecule has 0 radical (unpaired) electrons. The van der Waals surface area contributed by atoms with Crippen molar-refractivity contribution in [3.63, 3.8) is 0 Å². The lowest BCUT2D eigenvalue weighted by Gasteiger charge is -2.25. The lowest BCUT2D eigenvalue weighted by molar-refractivity contribution is -0.145. The van der Waals surface area contributed by atoms with Gasteiger partial charge in [0.05, 0.1) is 0 Å². The summed E-state index contributed by atoms with van der Waals surface area (Å²) in [4.78, 5) is 12.0. The first kappa shape index (κ1) is 20.5. The molecule has 4 heteroatoms. The molecule has 0 bridgehead atoms. The van der Waals surface area contributed by atoms with Crippen LogP contribution in [0.5, 0.6) is 17.2 Å². The largest absolute Gasteiger partial charge is 0.478 e. The van der Waals surface area contributed by atoms with Crippen LogP contribution in [-0.2, 0) is 16.6 Å². The number of aliphatic carboxylic acids is 1. The Kier molecular flexibility index (Phi) is 6.23. The van der Waals surface area contributed by atoms with Crippen LogP contribution in [0.15, 0.2) is 78.9 Å². The van der Waals surface area contributed by atoms with E-state index in [0.29, 0.717) is 17.2 Å². The third kappa shape index (κ3) is 5.38. The molecule has 3 aromatic rings. The van der Waals surface area contributed by atoms with Crippen LogP contribution in [0.1, 0.15) is 31.9 Å². The maximum absolute atomic E-state index is 12.0. The second kappa shape index (κ2) is 8.82. The fraction of sp³-hybridized carbons (Fsp3) is 0.240. The van der Waals surface area contributed by atoms with Gasteiger partial charge in [0.1, 0.15) is 17.2 Å². The van der Waals surface area contributed by atoms with Gasteiger partial charge in [-0.15, -0.1) is 0 Å². The van der Waals surface area contributed by atoms with Crippen molar-refractivity contribution in [1.29, 1.82) is 0 Å². The molecular weight excluding hydrogens is 364 g/mol. The lowest BCUT2D eigenvalue weighted by Crippen LogP contribution is -2.30. The standard InChI is InChI=1S/C25H26O4/c1-25(2,3)20-14-8-10-16-22(20)29-23(24(26)27)17-18-11-7-9-15-21(18)28-19-12-5-4-6-13-19/h4-16,23H,17H2,1-3H3,(H,26,27)/t23-/m1/s1. The number of carboxylic acids is 1. The predicted octanol–water partition coefficient (Wildman–Crippen LogP) is 5.85. The van der Waals surface area contributed by atoms with E-state index in [-0.39, 0.29) is 11.8 Å². The summed E-state index contributed by atoms with van der Waals surface area (Å²) in [7, 11) is 0. The van der Waals surface area contributed by atoms with E-state index in [1.807, 2.05) is 78.9 Å². The van der Waals surface area contributed by atoms with Crippen molar-refractivity contribution >= 4 is 5.97 Å². The Hall–Kier alpha value is -3.27. The molecule has 1 atom stereocenters. The van der Waals surface area contributed by atoms with Gasteiger partial charge in [-0.1, -0.05) is 75.4 Å². The minimum atomic E-state index is -1.03. The van der Waals surface area contributed by atoms with Gasteiger partial charge >= 0.3 is 5.97 Å². The average molecular weight is 390 g/mol. The molecule has 0 aromatic heterocycles. The number of carboxylic acid groups (broad SMARTS) is 1. The van der Waals surface area contributed by atoms with Crippen molar-refractivity contribution in [2.45, 2.75) is 38.7 Å². The van der Waals surface area contributed by atoms with Crippen LogP contribution in [-0.4, -0.2) is 17.2 Å². The van der Waals surface area contributed by atoms with Crippen LogP contribution in [0, 0.1) is 0 Å². The van der Waals surface area contributed by atoms with Gasteiger partial charge < -0.3 is 14.6 Å². The second-order valence-electron chi connectivity index (χ2n) is 7.92. The van der Waals surface area contributed by atoms with Gasteiger partial charge in [0.15, 0.2) is 6.10 Å². The zero-order valence-electron chi connectivity index (χ0n) is 17.0. The molecule has 1 N–H and O–H groups in total. The summed E-state index contributed by atoms with van der Waals surface area (Å²) < 4.78 is 12.0. The molecule has 0 heterocycles. The van der Waals surface area contributed by atoms with Crippen LogP contribution in [0.4, 0.5) is 0 Å². The molecule has 4 nitrogen and oxygen atoms in total. The highest BCUT2D eigenvalue weighted by molar-refractivity contribution is 5.73. The van der Waals surface area contributed by atoms with Gasteiger partial charge in [-0.2, -0.15) is 0 Å². The first-order valence-electron chi connectivity index (χ1n) is 9.64. The van der Waals surface area contributed by atoms with Crippen LogP contribution in [0.2, 0.25) is 0 Å². The highest BCUT2D eigenvalue weighted by Crippen LogP contribution is 2.33. The number of ether oxygens (including phenoxy) is 2. The lowest BCUT2D eigenvalue weighted by atomic mass is 9.86. The SMILES string of the molecule is CC(C)(C)c1ccccc1O[C@H](Cc1ccccc1Oc1ccccc1)C(=O)O. The summed E-state index contributed by atoms with van der Waals surface area (Å²) in [5.41, 5.74) is 1.59. The van der Waals surface area contributed by atoms with Crippen LogP contribution in [0.25, 0.3) is 0 Å². The Morgan fingerprint density at radius 2 is 1.45 bits per heavy atom. The van der Waals surface area contributed by atoms with E-state index in [1.165, 1.54) is 0 Å². The van der Waals surface area contributed by atoms with Crippen molar-refractivity contribution in [3.05, 3.63) is 90.0 Å². The molecule has 0 spiro atoms. The molecule has 150 valence electrons. The summed E-state index contributed by atoms with van der Waals surface area (Å²) in [5.74, 6) is 0.903. The fourth-order valence-electron chi connectivity index (χ4n) is 3.11. The van der Waals surface area contributed by atoms with Crippen molar-refractivity contribution in [2.24, 2.45) is 0 Å². The number of carbonyl (C=O) groups is 1. The first-order chi connectivity index (χ1) is 13.8.